The molecule has 0 aliphatic heterocycles. The topological polar surface area (TPSA) is 168 Å². The standard InChI is InChI=1S/C12H18N2O4.H2O4S/c1-17-8-3-4-11(18-2)9(5-8)10(15)7-14-12(16)6-13;1-5(2,3)4/h3-5,10,15H,6-7,13H2,1-2H3,(H,14,16);(H2,1,2,3,4). The van der Waals surface area contributed by atoms with Crippen LogP contribution in [0.3, 0.4) is 0 Å². The second-order valence-electron chi connectivity index (χ2n) is 4.08. The molecule has 132 valence electrons. The van der Waals surface area contributed by atoms with Crippen LogP contribution in [-0.4, -0.2) is 55.8 Å². The van der Waals surface area contributed by atoms with E-state index in [2.05, 4.69) is 5.32 Å². The first-order chi connectivity index (χ1) is 10.6. The van der Waals surface area contributed by atoms with Crippen LogP contribution in [0, 0.1) is 0 Å². The molecule has 1 rings (SSSR count). The van der Waals surface area contributed by atoms with Crippen LogP contribution in [0.4, 0.5) is 0 Å². The second kappa shape index (κ2) is 9.97. The molecular weight excluding hydrogens is 332 g/mol. The minimum atomic E-state index is -4.67. The summed E-state index contributed by atoms with van der Waals surface area (Å²) in [4.78, 5) is 11.0. The molecule has 0 saturated heterocycles. The first-order valence-corrected chi connectivity index (χ1v) is 7.58. The van der Waals surface area contributed by atoms with E-state index >= 15 is 0 Å². The fraction of sp³-hybridized carbons (Fsp3) is 0.417. The molecule has 0 heterocycles. The van der Waals surface area contributed by atoms with Crippen molar-refractivity contribution >= 4 is 16.3 Å². The van der Waals surface area contributed by atoms with Crippen LogP contribution in [0.1, 0.15) is 11.7 Å². The lowest BCUT2D eigenvalue weighted by Gasteiger charge is -2.16. The lowest BCUT2D eigenvalue weighted by Crippen LogP contribution is -2.33. The smallest absolute Gasteiger partial charge is 0.394 e. The monoisotopic (exact) mass is 352 g/mol. The molecule has 1 atom stereocenters. The molecule has 0 spiro atoms. The number of benzene rings is 1. The van der Waals surface area contributed by atoms with Gasteiger partial charge in [-0.15, -0.1) is 0 Å². The maximum Gasteiger partial charge on any atom is 0.394 e. The number of hydrogen-bond donors (Lipinski definition) is 5. The highest BCUT2D eigenvalue weighted by molar-refractivity contribution is 7.79. The maximum absolute atomic E-state index is 11.0. The van der Waals surface area contributed by atoms with E-state index in [1.165, 1.54) is 14.2 Å². The van der Waals surface area contributed by atoms with Crippen molar-refractivity contribution in [2.24, 2.45) is 5.73 Å². The summed E-state index contributed by atoms with van der Waals surface area (Å²) in [6.07, 6.45) is -0.884. The van der Waals surface area contributed by atoms with E-state index in [1.807, 2.05) is 0 Å². The van der Waals surface area contributed by atoms with Gasteiger partial charge < -0.3 is 25.6 Å². The summed E-state index contributed by atoms with van der Waals surface area (Å²) in [6, 6.07) is 5.09. The van der Waals surface area contributed by atoms with Gasteiger partial charge in [0.1, 0.15) is 11.5 Å². The number of nitrogens with one attached hydrogen (secondary N) is 1. The average molecular weight is 352 g/mol. The Hall–Kier alpha value is -1.92. The molecule has 1 aromatic rings. The van der Waals surface area contributed by atoms with Crippen molar-refractivity contribution in [2.45, 2.75) is 6.10 Å². The third-order valence-electron chi connectivity index (χ3n) is 2.47. The molecule has 23 heavy (non-hydrogen) atoms. The van der Waals surface area contributed by atoms with Gasteiger partial charge in [0.15, 0.2) is 0 Å². The van der Waals surface area contributed by atoms with Crippen LogP contribution >= 0.6 is 0 Å². The van der Waals surface area contributed by atoms with Crippen LogP contribution in [0.15, 0.2) is 18.2 Å². The van der Waals surface area contributed by atoms with Crippen LogP contribution in [-0.2, 0) is 15.2 Å². The number of rotatable bonds is 6. The van der Waals surface area contributed by atoms with E-state index in [1.54, 1.807) is 18.2 Å². The number of hydrogen-bond acceptors (Lipinski definition) is 7. The number of aliphatic hydroxyl groups is 1. The van der Waals surface area contributed by atoms with Gasteiger partial charge in [0, 0.05) is 12.1 Å². The van der Waals surface area contributed by atoms with Crippen molar-refractivity contribution in [3.63, 3.8) is 0 Å². The summed E-state index contributed by atoms with van der Waals surface area (Å²) in [6.45, 7) is -0.0402. The summed E-state index contributed by atoms with van der Waals surface area (Å²) < 4.78 is 41.8. The molecule has 0 bridgehead atoms. The maximum atomic E-state index is 11.0. The van der Waals surface area contributed by atoms with Gasteiger partial charge in [0.05, 0.1) is 26.9 Å². The summed E-state index contributed by atoms with van der Waals surface area (Å²) in [5, 5.41) is 12.5. The van der Waals surface area contributed by atoms with Crippen molar-refractivity contribution < 1.29 is 36.9 Å². The SMILES string of the molecule is COc1ccc(OC)c(C(O)CNC(=O)CN)c1.O=S(=O)(O)O. The molecule has 6 N–H and O–H groups in total. The normalized spacial score (nSPS) is 11.7. The quantitative estimate of drug-likeness (QED) is 0.410. The van der Waals surface area contributed by atoms with Gasteiger partial charge in [-0.1, -0.05) is 0 Å². The van der Waals surface area contributed by atoms with Gasteiger partial charge in [-0.25, -0.2) is 0 Å². The van der Waals surface area contributed by atoms with Gasteiger partial charge in [0.2, 0.25) is 5.91 Å². The van der Waals surface area contributed by atoms with Gasteiger partial charge in [-0.2, -0.15) is 8.42 Å². The predicted molar refractivity (Wildman–Crippen MR) is 80.7 cm³/mol. The van der Waals surface area contributed by atoms with Crippen molar-refractivity contribution in [1.82, 2.24) is 5.32 Å². The Morgan fingerprint density at radius 1 is 1.30 bits per heavy atom. The molecular formula is C12H20N2O8S. The largest absolute Gasteiger partial charge is 0.497 e. The lowest BCUT2D eigenvalue weighted by molar-refractivity contribution is -0.120. The second-order valence-corrected chi connectivity index (χ2v) is 4.98. The van der Waals surface area contributed by atoms with E-state index in [-0.39, 0.29) is 19.0 Å². The van der Waals surface area contributed by atoms with Crippen LogP contribution in [0.5, 0.6) is 11.5 Å². The third kappa shape index (κ3) is 9.65. The zero-order valence-corrected chi connectivity index (χ0v) is 13.4. The fourth-order valence-electron chi connectivity index (χ4n) is 1.49. The molecule has 1 aromatic carbocycles. The Morgan fingerprint density at radius 2 is 1.87 bits per heavy atom. The zero-order chi connectivity index (χ0) is 18.0. The van der Waals surface area contributed by atoms with Crippen LogP contribution in [0.2, 0.25) is 0 Å². The highest BCUT2D eigenvalue weighted by atomic mass is 32.3. The van der Waals surface area contributed by atoms with Gasteiger partial charge in [0.25, 0.3) is 0 Å². The molecule has 1 unspecified atom stereocenters. The zero-order valence-electron chi connectivity index (χ0n) is 12.6. The van der Waals surface area contributed by atoms with Crippen molar-refractivity contribution in [3.8, 4) is 11.5 Å². The minimum absolute atomic E-state index is 0.0690. The molecule has 11 heteroatoms. The number of methoxy groups -OCH3 is 2. The molecule has 1 amide bonds. The predicted octanol–water partition coefficient (Wildman–Crippen LogP) is -0.841. The molecule has 0 saturated carbocycles. The van der Waals surface area contributed by atoms with E-state index < -0.39 is 16.5 Å². The highest BCUT2D eigenvalue weighted by Crippen LogP contribution is 2.28. The van der Waals surface area contributed by atoms with Crippen LogP contribution in [0.25, 0.3) is 0 Å². The van der Waals surface area contributed by atoms with Crippen molar-refractivity contribution in [3.05, 3.63) is 23.8 Å². The Labute approximate surface area is 133 Å². The summed E-state index contributed by atoms with van der Waals surface area (Å²) in [7, 11) is -1.62. The summed E-state index contributed by atoms with van der Waals surface area (Å²) in [5.41, 5.74) is 5.71. The molecule has 0 aromatic heterocycles. The number of carbonyl (C=O) groups is 1. The highest BCUT2D eigenvalue weighted by Gasteiger charge is 2.15. The molecule has 0 aliphatic rings. The van der Waals surface area contributed by atoms with E-state index in [0.717, 1.165) is 0 Å². The molecule has 10 nitrogen and oxygen atoms in total. The summed E-state index contributed by atoms with van der Waals surface area (Å²) in [5.74, 6) is 0.816. The van der Waals surface area contributed by atoms with Gasteiger partial charge in [-0.3, -0.25) is 13.9 Å². The van der Waals surface area contributed by atoms with E-state index in [9.17, 15) is 9.90 Å². The Balaban J connectivity index is 0.000000841. The number of amides is 1. The fourth-order valence-corrected chi connectivity index (χ4v) is 1.49. The Morgan fingerprint density at radius 3 is 2.30 bits per heavy atom. The Kier molecular flexibility index (Phi) is 9.14. The van der Waals surface area contributed by atoms with E-state index in [0.29, 0.717) is 17.1 Å². The number of ether oxygens (including phenoxy) is 2. The van der Waals surface area contributed by atoms with Gasteiger partial charge in [-0.05, 0) is 18.2 Å². The Bertz CT molecular complexity index is 597. The lowest BCUT2D eigenvalue weighted by atomic mass is 10.1. The minimum Gasteiger partial charge on any atom is -0.497 e. The first-order valence-electron chi connectivity index (χ1n) is 6.19. The third-order valence-corrected chi connectivity index (χ3v) is 2.47. The van der Waals surface area contributed by atoms with Gasteiger partial charge >= 0.3 is 10.4 Å². The number of carbonyl (C=O) groups excluding carboxylic acids is 1. The molecule has 0 aliphatic carbocycles. The average Bonchev–Trinajstić information content (AvgIpc) is 2.49. The number of nitrogens with two attached hydrogens (primary N) is 1. The van der Waals surface area contributed by atoms with Crippen LogP contribution < -0.4 is 20.5 Å². The van der Waals surface area contributed by atoms with Crippen molar-refractivity contribution in [1.29, 1.82) is 0 Å². The molecule has 0 fully saturated rings. The number of aliphatic hydroxyl groups excluding tert-OH is 1. The van der Waals surface area contributed by atoms with Crippen molar-refractivity contribution in [2.75, 3.05) is 27.3 Å². The molecule has 0 radical (unpaired) electrons. The summed E-state index contributed by atoms with van der Waals surface area (Å²) >= 11 is 0. The van der Waals surface area contributed by atoms with E-state index in [4.69, 9.17) is 32.7 Å². The first kappa shape index (κ1) is 21.1.